The minimum Gasteiger partial charge on any atom is -0.390 e. The van der Waals surface area contributed by atoms with Crippen LogP contribution in [0.4, 0.5) is 0 Å². The summed E-state index contributed by atoms with van der Waals surface area (Å²) >= 11 is 0. The van der Waals surface area contributed by atoms with Gasteiger partial charge in [-0.15, -0.1) is 0 Å². The van der Waals surface area contributed by atoms with Gasteiger partial charge in [-0.25, -0.2) is 0 Å². The lowest BCUT2D eigenvalue weighted by molar-refractivity contribution is -0.111. The second-order valence-electron chi connectivity index (χ2n) is 6.53. The number of hydrogen-bond acceptors (Lipinski definition) is 4. The molecule has 0 saturated carbocycles. The molecule has 0 radical (unpaired) electrons. The maximum Gasteiger partial charge on any atom is 0.253 e. The third-order valence-electron chi connectivity index (χ3n) is 4.05. The first-order valence-corrected chi connectivity index (χ1v) is 7.88. The number of hydrogen-bond donors (Lipinski definition) is 3. The summed E-state index contributed by atoms with van der Waals surface area (Å²) in [7, 11) is 0. The summed E-state index contributed by atoms with van der Waals surface area (Å²) in [5.41, 5.74) is -0.686. The van der Waals surface area contributed by atoms with Crippen molar-refractivity contribution in [3.63, 3.8) is 0 Å². The third kappa shape index (κ3) is 4.06. The van der Waals surface area contributed by atoms with Crippen molar-refractivity contribution >= 4 is 5.91 Å². The van der Waals surface area contributed by atoms with E-state index in [0.29, 0.717) is 24.4 Å². The van der Waals surface area contributed by atoms with E-state index in [1.54, 1.807) is 17.0 Å². The number of β-amino-alcohol motifs (C(OH)–C–C–N with tert-alkyl or cyclic N) is 1. The Balaban J connectivity index is 2.02. The van der Waals surface area contributed by atoms with Crippen LogP contribution in [0, 0.1) is 5.92 Å². The van der Waals surface area contributed by atoms with Crippen molar-refractivity contribution in [2.24, 2.45) is 5.92 Å². The molecule has 22 heavy (non-hydrogen) atoms. The minimum absolute atomic E-state index is 0.102. The Morgan fingerprint density at radius 2 is 2.09 bits per heavy atom. The van der Waals surface area contributed by atoms with Crippen LogP contribution in [0.1, 0.15) is 30.6 Å². The van der Waals surface area contributed by atoms with Gasteiger partial charge < -0.3 is 20.4 Å². The number of piperidine rings is 1. The smallest absolute Gasteiger partial charge is 0.253 e. The summed E-state index contributed by atoms with van der Waals surface area (Å²) in [6, 6.07) is 9.04. The molecule has 2 atom stereocenters. The number of amides is 1. The molecule has 3 N–H and O–H groups in total. The number of carbonyl (C=O) groups excluding carboxylic acids is 1. The Kier molecular flexibility index (Phi) is 5.56. The topological polar surface area (TPSA) is 72.8 Å². The van der Waals surface area contributed by atoms with E-state index in [4.69, 9.17) is 0 Å². The molecule has 0 unspecified atom stereocenters. The first kappa shape index (κ1) is 16.9. The van der Waals surface area contributed by atoms with Gasteiger partial charge >= 0.3 is 0 Å². The fourth-order valence-corrected chi connectivity index (χ4v) is 2.75. The van der Waals surface area contributed by atoms with E-state index in [-0.39, 0.29) is 19.0 Å². The maximum absolute atomic E-state index is 12.5. The van der Waals surface area contributed by atoms with E-state index < -0.39 is 11.7 Å². The van der Waals surface area contributed by atoms with E-state index >= 15 is 0 Å². The molecule has 122 valence electrons. The predicted molar refractivity (Wildman–Crippen MR) is 85.6 cm³/mol. The van der Waals surface area contributed by atoms with Gasteiger partial charge in [0.2, 0.25) is 0 Å². The Morgan fingerprint density at radius 3 is 2.73 bits per heavy atom. The summed E-state index contributed by atoms with van der Waals surface area (Å²) in [6.07, 6.45) is -0.426. The number of carbonyl (C=O) groups is 1. The number of benzene rings is 1. The zero-order chi connectivity index (χ0) is 16.2. The van der Waals surface area contributed by atoms with Crippen molar-refractivity contribution in [3.8, 4) is 0 Å². The molecule has 0 aromatic heterocycles. The van der Waals surface area contributed by atoms with Gasteiger partial charge in [0.1, 0.15) is 5.60 Å². The van der Waals surface area contributed by atoms with E-state index in [1.165, 1.54) is 0 Å². The number of rotatable bonds is 5. The highest BCUT2D eigenvalue weighted by Crippen LogP contribution is 2.23. The van der Waals surface area contributed by atoms with E-state index in [9.17, 15) is 15.0 Å². The number of aliphatic hydroxyl groups is 2. The van der Waals surface area contributed by atoms with Crippen molar-refractivity contribution in [3.05, 3.63) is 35.9 Å². The van der Waals surface area contributed by atoms with Gasteiger partial charge in [0.25, 0.3) is 5.91 Å². The van der Waals surface area contributed by atoms with Crippen molar-refractivity contribution in [2.45, 2.75) is 32.0 Å². The fourth-order valence-electron chi connectivity index (χ4n) is 2.75. The first-order chi connectivity index (χ1) is 10.4. The summed E-state index contributed by atoms with van der Waals surface area (Å²) in [4.78, 5) is 14.1. The average molecular weight is 306 g/mol. The molecular weight excluding hydrogens is 280 g/mol. The van der Waals surface area contributed by atoms with E-state index in [1.807, 2.05) is 18.2 Å². The normalized spacial score (nSPS) is 25.5. The van der Waals surface area contributed by atoms with Crippen LogP contribution in [0.5, 0.6) is 0 Å². The van der Waals surface area contributed by atoms with Crippen LogP contribution in [-0.2, 0) is 0 Å². The number of nitrogens with zero attached hydrogens (tertiary/aromatic N) is 1. The molecule has 1 aromatic carbocycles. The van der Waals surface area contributed by atoms with Gasteiger partial charge in [0, 0.05) is 18.7 Å². The summed E-state index contributed by atoms with van der Waals surface area (Å²) < 4.78 is 0. The van der Waals surface area contributed by atoms with Gasteiger partial charge in [-0.1, -0.05) is 32.0 Å². The van der Waals surface area contributed by atoms with Crippen LogP contribution < -0.4 is 5.32 Å². The van der Waals surface area contributed by atoms with Crippen LogP contribution >= 0.6 is 0 Å². The molecular formula is C17H26N2O3. The Labute approximate surface area is 131 Å². The highest BCUT2D eigenvalue weighted by atomic mass is 16.3. The zero-order valence-electron chi connectivity index (χ0n) is 13.3. The largest absolute Gasteiger partial charge is 0.390 e. The SMILES string of the molecule is CC(C)CNC[C@@]1(O)CN(C(=O)c2ccccc2)CC[C@@H]1O. The lowest BCUT2D eigenvalue weighted by Gasteiger charge is -2.43. The number of nitrogens with one attached hydrogen (secondary N) is 1. The van der Waals surface area contributed by atoms with Gasteiger partial charge in [-0.05, 0) is 31.0 Å². The molecule has 1 heterocycles. The van der Waals surface area contributed by atoms with Gasteiger partial charge in [0.05, 0.1) is 12.6 Å². The molecule has 1 aromatic rings. The van der Waals surface area contributed by atoms with Crippen LogP contribution in [0.2, 0.25) is 0 Å². The number of likely N-dealkylation sites (tertiary alicyclic amines) is 1. The quantitative estimate of drug-likeness (QED) is 0.755. The van der Waals surface area contributed by atoms with Gasteiger partial charge in [-0.2, -0.15) is 0 Å². The second-order valence-corrected chi connectivity index (χ2v) is 6.53. The Bertz CT molecular complexity index is 492. The third-order valence-corrected chi connectivity index (χ3v) is 4.05. The van der Waals surface area contributed by atoms with Crippen molar-refractivity contribution < 1.29 is 15.0 Å². The van der Waals surface area contributed by atoms with E-state index in [2.05, 4.69) is 19.2 Å². The lowest BCUT2D eigenvalue weighted by atomic mass is 9.89. The lowest BCUT2D eigenvalue weighted by Crippen LogP contribution is -2.62. The van der Waals surface area contributed by atoms with Gasteiger partial charge in [0.15, 0.2) is 0 Å². The molecule has 2 rings (SSSR count). The van der Waals surface area contributed by atoms with Crippen molar-refractivity contribution in [1.82, 2.24) is 10.2 Å². The fraction of sp³-hybridized carbons (Fsp3) is 0.588. The van der Waals surface area contributed by atoms with Crippen LogP contribution in [-0.4, -0.2) is 58.9 Å². The average Bonchev–Trinajstić information content (AvgIpc) is 2.50. The number of aliphatic hydroxyl groups excluding tert-OH is 1. The summed E-state index contributed by atoms with van der Waals surface area (Å²) in [5.74, 6) is 0.362. The highest BCUT2D eigenvalue weighted by Gasteiger charge is 2.42. The highest BCUT2D eigenvalue weighted by molar-refractivity contribution is 5.94. The molecule has 0 spiro atoms. The molecule has 0 bridgehead atoms. The zero-order valence-corrected chi connectivity index (χ0v) is 13.3. The molecule has 5 nitrogen and oxygen atoms in total. The second kappa shape index (κ2) is 7.22. The monoisotopic (exact) mass is 306 g/mol. The minimum atomic E-state index is -1.29. The van der Waals surface area contributed by atoms with Crippen molar-refractivity contribution in [1.29, 1.82) is 0 Å². The maximum atomic E-state index is 12.5. The summed E-state index contributed by atoms with van der Waals surface area (Å²) in [5, 5.41) is 24.0. The van der Waals surface area contributed by atoms with Crippen molar-refractivity contribution in [2.75, 3.05) is 26.2 Å². The van der Waals surface area contributed by atoms with Crippen LogP contribution in [0.25, 0.3) is 0 Å². The molecule has 0 aliphatic carbocycles. The predicted octanol–water partition coefficient (Wildman–Crippen LogP) is 0.870. The molecule has 1 fully saturated rings. The molecule has 1 aliphatic rings. The Hall–Kier alpha value is -1.43. The van der Waals surface area contributed by atoms with Crippen LogP contribution in [0.15, 0.2) is 30.3 Å². The summed E-state index contributed by atoms with van der Waals surface area (Å²) in [6.45, 7) is 5.82. The molecule has 1 aliphatic heterocycles. The standard InChI is InChI=1S/C17H26N2O3/c1-13(2)10-18-11-17(22)12-19(9-8-15(17)20)16(21)14-6-4-3-5-7-14/h3-7,13,15,18,20,22H,8-12H2,1-2H3/t15-,17+/m0/s1. The Morgan fingerprint density at radius 1 is 1.41 bits per heavy atom. The molecule has 1 amide bonds. The first-order valence-electron chi connectivity index (χ1n) is 7.88. The van der Waals surface area contributed by atoms with Gasteiger partial charge in [-0.3, -0.25) is 4.79 Å². The molecule has 5 heteroatoms. The van der Waals surface area contributed by atoms with Crippen LogP contribution in [0.3, 0.4) is 0 Å². The molecule has 1 saturated heterocycles. The van der Waals surface area contributed by atoms with E-state index in [0.717, 1.165) is 6.54 Å².